The Bertz CT molecular complexity index is 1470. The van der Waals surface area contributed by atoms with Crippen molar-refractivity contribution in [2.45, 2.75) is 13.3 Å². The van der Waals surface area contributed by atoms with Crippen molar-refractivity contribution in [3.8, 4) is 28.2 Å². The van der Waals surface area contributed by atoms with Crippen LogP contribution in [-0.4, -0.2) is 34.6 Å². The van der Waals surface area contributed by atoms with Crippen molar-refractivity contribution < 1.29 is 26.8 Å². The van der Waals surface area contributed by atoms with Crippen molar-refractivity contribution in [1.29, 1.82) is 0 Å². The van der Waals surface area contributed by atoms with E-state index in [-0.39, 0.29) is 12.2 Å². The van der Waals surface area contributed by atoms with E-state index in [1.165, 1.54) is 23.5 Å². The van der Waals surface area contributed by atoms with Crippen LogP contribution in [0.5, 0.6) is 5.75 Å². The molecule has 0 radical (unpaired) electrons. The van der Waals surface area contributed by atoms with Crippen LogP contribution in [0.3, 0.4) is 0 Å². The van der Waals surface area contributed by atoms with E-state index in [1.54, 1.807) is 50.4 Å². The van der Waals surface area contributed by atoms with E-state index in [0.717, 1.165) is 11.8 Å². The Kier molecular flexibility index (Phi) is 6.18. The highest BCUT2D eigenvalue weighted by Gasteiger charge is 2.25. The van der Waals surface area contributed by atoms with Gasteiger partial charge in [-0.2, -0.15) is 0 Å². The zero-order valence-corrected chi connectivity index (χ0v) is 20.1. The van der Waals surface area contributed by atoms with E-state index in [9.17, 15) is 17.6 Å². The highest BCUT2D eigenvalue weighted by Crippen LogP contribution is 2.41. The lowest BCUT2D eigenvalue weighted by atomic mass is 9.96. The quantitative estimate of drug-likeness (QED) is 0.307. The lowest BCUT2D eigenvalue weighted by molar-refractivity contribution is 0.0989. The summed E-state index contributed by atoms with van der Waals surface area (Å²) in [6, 6.07) is 16.3. The SMILES string of the molecule is CCC(=O)c1c(-c2ccc(F)cc2)oc2cc(N(C)S(C)(=O)=O)c(-c3ccc(OC)cc3)cc12. The zero-order valence-electron chi connectivity index (χ0n) is 19.3. The summed E-state index contributed by atoms with van der Waals surface area (Å²) < 4.78 is 50.9. The molecule has 1 heterocycles. The minimum atomic E-state index is -3.59. The Labute approximate surface area is 197 Å². The predicted octanol–water partition coefficient (Wildman–Crippen LogP) is 5.90. The average Bonchev–Trinajstić information content (AvgIpc) is 3.20. The Morgan fingerprint density at radius 3 is 2.21 bits per heavy atom. The Morgan fingerprint density at radius 2 is 1.65 bits per heavy atom. The maximum Gasteiger partial charge on any atom is 0.232 e. The number of sulfonamides is 1. The van der Waals surface area contributed by atoms with Crippen molar-refractivity contribution in [3.63, 3.8) is 0 Å². The molecule has 4 aromatic rings. The number of ketones is 1. The van der Waals surface area contributed by atoms with Crippen LogP contribution in [-0.2, 0) is 10.0 Å². The molecule has 34 heavy (non-hydrogen) atoms. The number of ether oxygens (including phenoxy) is 1. The van der Waals surface area contributed by atoms with Crippen LogP contribution >= 0.6 is 0 Å². The zero-order chi connectivity index (χ0) is 24.6. The van der Waals surface area contributed by atoms with Crippen LogP contribution in [0.15, 0.2) is 65.1 Å². The molecule has 0 spiro atoms. The van der Waals surface area contributed by atoms with Gasteiger partial charge in [-0.3, -0.25) is 9.10 Å². The van der Waals surface area contributed by atoms with Crippen LogP contribution in [0.4, 0.5) is 10.1 Å². The molecule has 0 N–H and O–H groups in total. The molecule has 0 saturated carbocycles. The van der Waals surface area contributed by atoms with Gasteiger partial charge in [0.2, 0.25) is 10.0 Å². The van der Waals surface area contributed by atoms with Gasteiger partial charge in [0.25, 0.3) is 0 Å². The molecule has 0 amide bonds. The van der Waals surface area contributed by atoms with E-state index < -0.39 is 15.8 Å². The van der Waals surface area contributed by atoms with Crippen LogP contribution in [0.1, 0.15) is 23.7 Å². The van der Waals surface area contributed by atoms with Crippen LogP contribution < -0.4 is 9.04 Å². The van der Waals surface area contributed by atoms with Crippen LogP contribution in [0.2, 0.25) is 0 Å². The first kappa shape index (κ1) is 23.5. The maximum atomic E-state index is 13.5. The molecule has 0 atom stereocenters. The van der Waals surface area contributed by atoms with Gasteiger partial charge in [-0.05, 0) is 48.0 Å². The first-order chi connectivity index (χ1) is 16.1. The number of rotatable bonds is 7. The standard InChI is InChI=1S/C26H24FNO5S/c1-5-23(29)25-21-14-20(16-8-12-19(32-3)13-9-16)22(28(2)34(4,30)31)15-24(21)33-26(25)17-6-10-18(27)11-7-17/h6-15H,5H2,1-4H3. The molecular formula is C26H24FNO5S. The Balaban J connectivity index is 2.05. The normalized spacial score (nSPS) is 11.6. The number of carbonyl (C=O) groups is 1. The summed E-state index contributed by atoms with van der Waals surface area (Å²) >= 11 is 0. The number of hydrogen-bond acceptors (Lipinski definition) is 5. The van der Waals surface area contributed by atoms with Crippen molar-refractivity contribution in [2.75, 3.05) is 24.7 Å². The molecule has 1 aromatic heterocycles. The van der Waals surface area contributed by atoms with E-state index in [1.807, 2.05) is 12.1 Å². The molecule has 0 aliphatic rings. The summed E-state index contributed by atoms with van der Waals surface area (Å²) in [7, 11) is -0.562. The molecule has 6 nitrogen and oxygen atoms in total. The predicted molar refractivity (Wildman–Crippen MR) is 131 cm³/mol. The van der Waals surface area contributed by atoms with Gasteiger partial charge in [0.1, 0.15) is 22.9 Å². The molecule has 0 fully saturated rings. The third-order valence-corrected chi connectivity index (χ3v) is 6.94. The monoisotopic (exact) mass is 481 g/mol. The number of nitrogens with zero attached hydrogens (tertiary/aromatic N) is 1. The highest BCUT2D eigenvalue weighted by atomic mass is 32.2. The molecule has 8 heteroatoms. The molecule has 176 valence electrons. The van der Waals surface area contributed by atoms with Crippen molar-refractivity contribution in [3.05, 3.63) is 72.0 Å². The first-order valence-electron chi connectivity index (χ1n) is 10.6. The number of hydrogen-bond donors (Lipinski definition) is 0. The number of carbonyl (C=O) groups excluding carboxylic acids is 1. The molecule has 0 aliphatic heterocycles. The first-order valence-corrected chi connectivity index (χ1v) is 12.5. The van der Waals surface area contributed by atoms with Gasteiger partial charge in [0.15, 0.2) is 5.78 Å². The fraction of sp³-hybridized carbons (Fsp3) is 0.192. The smallest absolute Gasteiger partial charge is 0.232 e. The van der Waals surface area contributed by atoms with Gasteiger partial charge in [-0.15, -0.1) is 0 Å². The number of halogens is 1. The van der Waals surface area contributed by atoms with E-state index in [4.69, 9.17) is 9.15 Å². The third-order valence-electron chi connectivity index (χ3n) is 5.75. The molecule has 4 rings (SSSR count). The molecule has 0 bridgehead atoms. The fourth-order valence-electron chi connectivity index (χ4n) is 3.83. The van der Waals surface area contributed by atoms with Crippen LogP contribution in [0, 0.1) is 5.82 Å². The lowest BCUT2D eigenvalue weighted by Crippen LogP contribution is -2.25. The average molecular weight is 482 g/mol. The fourth-order valence-corrected chi connectivity index (χ4v) is 4.34. The summed E-state index contributed by atoms with van der Waals surface area (Å²) in [4.78, 5) is 13.0. The highest BCUT2D eigenvalue weighted by molar-refractivity contribution is 7.92. The Morgan fingerprint density at radius 1 is 1.03 bits per heavy atom. The van der Waals surface area contributed by atoms with Gasteiger partial charge in [0.05, 0.1) is 24.6 Å². The third kappa shape index (κ3) is 4.28. The number of anilines is 1. The Hall–Kier alpha value is -3.65. The second-order valence-electron chi connectivity index (χ2n) is 7.91. The van der Waals surface area contributed by atoms with Gasteiger partial charge in [-0.25, -0.2) is 12.8 Å². The van der Waals surface area contributed by atoms with Crippen molar-refractivity contribution in [1.82, 2.24) is 0 Å². The summed E-state index contributed by atoms with van der Waals surface area (Å²) in [5, 5.41) is 0.558. The van der Waals surface area contributed by atoms with Crippen molar-refractivity contribution in [2.24, 2.45) is 0 Å². The number of Topliss-reactive ketones (excluding diaryl/α,β-unsaturated/α-hetero) is 1. The summed E-state index contributed by atoms with van der Waals surface area (Å²) in [5.41, 5.74) is 3.05. The van der Waals surface area contributed by atoms with Gasteiger partial charge >= 0.3 is 0 Å². The molecule has 3 aromatic carbocycles. The van der Waals surface area contributed by atoms with E-state index >= 15 is 0 Å². The minimum absolute atomic E-state index is 0.136. The van der Waals surface area contributed by atoms with Crippen molar-refractivity contribution >= 4 is 32.5 Å². The largest absolute Gasteiger partial charge is 0.497 e. The maximum absolute atomic E-state index is 13.5. The van der Waals surface area contributed by atoms with E-state index in [2.05, 4.69) is 0 Å². The topological polar surface area (TPSA) is 76.8 Å². The van der Waals surface area contributed by atoms with Gasteiger partial charge < -0.3 is 9.15 Å². The number of benzene rings is 3. The minimum Gasteiger partial charge on any atom is -0.497 e. The molecule has 0 saturated heterocycles. The van der Waals surface area contributed by atoms with Gasteiger partial charge in [-0.1, -0.05) is 19.1 Å². The number of fused-ring (bicyclic) bond motifs is 1. The second kappa shape index (κ2) is 8.95. The second-order valence-corrected chi connectivity index (χ2v) is 9.93. The van der Waals surface area contributed by atoms with E-state index in [0.29, 0.717) is 44.9 Å². The molecule has 0 aliphatic carbocycles. The molecule has 0 unspecified atom stereocenters. The summed E-state index contributed by atoms with van der Waals surface area (Å²) in [6.07, 6.45) is 1.36. The summed E-state index contributed by atoms with van der Waals surface area (Å²) in [6.45, 7) is 1.76. The molecular weight excluding hydrogens is 457 g/mol. The van der Waals surface area contributed by atoms with Crippen LogP contribution in [0.25, 0.3) is 33.4 Å². The van der Waals surface area contributed by atoms with Gasteiger partial charge in [0, 0.05) is 36.0 Å². The number of methoxy groups -OCH3 is 1. The number of furan rings is 1. The summed E-state index contributed by atoms with van der Waals surface area (Å²) in [5.74, 6) is 0.443. The lowest BCUT2D eigenvalue weighted by Gasteiger charge is -2.20.